The Balaban J connectivity index is 2.78. The number of ketones is 1. The van der Waals surface area contributed by atoms with Gasteiger partial charge in [0.2, 0.25) is 10.0 Å². The van der Waals surface area contributed by atoms with Gasteiger partial charge in [-0.05, 0) is 23.5 Å². The van der Waals surface area contributed by atoms with Gasteiger partial charge in [0.25, 0.3) is 0 Å². The summed E-state index contributed by atoms with van der Waals surface area (Å²) in [5.74, 6) is -0.727. The van der Waals surface area contributed by atoms with Gasteiger partial charge in [0.1, 0.15) is 0 Å². The predicted molar refractivity (Wildman–Crippen MR) is 84.4 cm³/mol. The lowest BCUT2D eigenvalue weighted by molar-refractivity contribution is -0.120. The summed E-state index contributed by atoms with van der Waals surface area (Å²) in [6, 6.07) is 6.67. The van der Waals surface area contributed by atoms with E-state index < -0.39 is 27.7 Å². The maximum atomic E-state index is 12.1. The number of carbonyl (C=O) groups excluding carboxylic acids is 1. The fraction of sp³-hybridized carbons (Fsp3) is 0.533. The third-order valence-corrected chi connectivity index (χ3v) is 4.15. The molecule has 1 aromatic carbocycles. The van der Waals surface area contributed by atoms with Crippen LogP contribution in [0, 0.1) is 5.92 Å². The average Bonchev–Trinajstić information content (AvgIpc) is 2.35. The van der Waals surface area contributed by atoms with Gasteiger partial charge in [-0.25, -0.2) is 13.6 Å². The van der Waals surface area contributed by atoms with Crippen molar-refractivity contribution in [1.29, 1.82) is 0 Å². The van der Waals surface area contributed by atoms with E-state index in [1.54, 1.807) is 6.92 Å². The Morgan fingerprint density at radius 2 is 1.67 bits per heavy atom. The van der Waals surface area contributed by atoms with Crippen molar-refractivity contribution < 1.29 is 13.2 Å². The van der Waals surface area contributed by atoms with Gasteiger partial charge >= 0.3 is 0 Å². The Hall–Kier alpha value is -1.24. The van der Waals surface area contributed by atoms with Crippen molar-refractivity contribution in [2.45, 2.75) is 39.2 Å². The van der Waals surface area contributed by atoms with E-state index in [2.05, 4.69) is 13.8 Å². The highest BCUT2D eigenvalue weighted by Gasteiger charge is 2.25. The van der Waals surface area contributed by atoms with Gasteiger partial charge in [0.15, 0.2) is 5.78 Å². The molecule has 6 heteroatoms. The second-order valence-corrected chi connectivity index (χ2v) is 7.56. The Bertz CT molecular complexity index is 579. The molecule has 2 atom stereocenters. The number of nitrogens with two attached hydrogens (primary N) is 2. The first kappa shape index (κ1) is 17.8. The van der Waals surface area contributed by atoms with Gasteiger partial charge in [0.05, 0.1) is 11.8 Å². The van der Waals surface area contributed by atoms with Crippen molar-refractivity contribution in [1.82, 2.24) is 0 Å². The highest BCUT2D eigenvalue weighted by molar-refractivity contribution is 7.89. The van der Waals surface area contributed by atoms with E-state index in [-0.39, 0.29) is 5.78 Å². The molecule has 5 nitrogen and oxygen atoms in total. The lowest BCUT2D eigenvalue weighted by Gasteiger charge is -2.16. The third-order valence-electron chi connectivity index (χ3n) is 3.33. The normalized spacial score (nSPS) is 15.0. The molecule has 0 heterocycles. The number of Topliss-reactive ketones (excluding diaryl/α,β-unsaturated/α-hetero) is 1. The van der Waals surface area contributed by atoms with Crippen LogP contribution in [0.1, 0.15) is 37.8 Å². The second-order valence-electron chi connectivity index (χ2n) is 5.90. The number of carbonyl (C=O) groups is 1. The second kappa shape index (κ2) is 7.15. The largest absolute Gasteiger partial charge is 0.321 e. The smallest absolute Gasteiger partial charge is 0.211 e. The summed E-state index contributed by atoms with van der Waals surface area (Å²) in [6.45, 7) is 6.02. The van der Waals surface area contributed by atoms with E-state index in [9.17, 15) is 13.2 Å². The molecular weight excluding hydrogens is 288 g/mol. The molecule has 0 saturated carbocycles. The Morgan fingerprint density at radius 3 is 2.10 bits per heavy atom. The number of rotatable bonds is 7. The molecule has 0 spiro atoms. The Labute approximate surface area is 126 Å². The molecule has 0 radical (unpaired) electrons. The summed E-state index contributed by atoms with van der Waals surface area (Å²) >= 11 is 0. The van der Waals surface area contributed by atoms with E-state index in [1.807, 2.05) is 24.3 Å². The molecule has 0 bridgehead atoms. The number of hydrogen-bond acceptors (Lipinski definition) is 4. The minimum absolute atomic E-state index is 0.319. The molecular formula is C15H24N2O3S. The molecule has 2 unspecified atom stereocenters. The highest BCUT2D eigenvalue weighted by Crippen LogP contribution is 2.19. The maximum Gasteiger partial charge on any atom is 0.211 e. The van der Waals surface area contributed by atoms with Gasteiger partial charge in [0, 0.05) is 5.92 Å². The zero-order chi connectivity index (χ0) is 16.2. The first-order chi connectivity index (χ1) is 9.60. The molecule has 0 fully saturated rings. The fourth-order valence-corrected chi connectivity index (χ4v) is 2.90. The molecule has 0 saturated heterocycles. The molecule has 1 aromatic rings. The average molecular weight is 312 g/mol. The van der Waals surface area contributed by atoms with Crippen LogP contribution in [0.2, 0.25) is 0 Å². The van der Waals surface area contributed by atoms with Crippen molar-refractivity contribution in [3.8, 4) is 0 Å². The zero-order valence-corrected chi connectivity index (χ0v) is 13.6. The van der Waals surface area contributed by atoms with E-state index in [4.69, 9.17) is 10.9 Å². The number of hydrogen-bond donors (Lipinski definition) is 2. The van der Waals surface area contributed by atoms with Crippen LogP contribution in [-0.4, -0.2) is 26.0 Å². The van der Waals surface area contributed by atoms with Crippen LogP contribution in [0.25, 0.3) is 0 Å². The zero-order valence-electron chi connectivity index (χ0n) is 12.7. The van der Waals surface area contributed by atoms with Crippen LogP contribution in [0.4, 0.5) is 0 Å². The summed E-state index contributed by atoms with van der Waals surface area (Å²) in [5, 5.41) is 4.92. The quantitative estimate of drug-likeness (QED) is 0.788. The van der Waals surface area contributed by atoms with Crippen LogP contribution < -0.4 is 10.9 Å². The Kier molecular flexibility index (Phi) is 6.07. The van der Waals surface area contributed by atoms with E-state index >= 15 is 0 Å². The molecule has 21 heavy (non-hydrogen) atoms. The summed E-state index contributed by atoms with van der Waals surface area (Å²) in [7, 11) is -3.75. The first-order valence-corrected chi connectivity index (χ1v) is 8.70. The van der Waals surface area contributed by atoms with E-state index in [1.165, 1.54) is 5.56 Å². The van der Waals surface area contributed by atoms with E-state index in [0.717, 1.165) is 12.0 Å². The molecule has 0 aliphatic carbocycles. The summed E-state index contributed by atoms with van der Waals surface area (Å²) in [5.41, 5.74) is 7.67. The van der Waals surface area contributed by atoms with Crippen LogP contribution in [0.5, 0.6) is 0 Å². The molecule has 118 valence electrons. The molecule has 0 aromatic heterocycles. The standard InChI is InChI=1S/C15H24N2O3S/c1-10(2)8-12-4-6-13(7-5-12)11(3)15(18)14(16)9-21(17,19)20/h4-7,10-11,14H,8-9,16H2,1-3H3,(H2,17,19,20). The van der Waals surface area contributed by atoms with Crippen molar-refractivity contribution in [3.05, 3.63) is 35.4 Å². The van der Waals surface area contributed by atoms with Crippen molar-refractivity contribution in [3.63, 3.8) is 0 Å². The van der Waals surface area contributed by atoms with Gasteiger partial charge in [-0.3, -0.25) is 4.79 Å². The topological polar surface area (TPSA) is 103 Å². The minimum Gasteiger partial charge on any atom is -0.321 e. The summed E-state index contributed by atoms with van der Waals surface area (Å²) < 4.78 is 22.0. The SMILES string of the molecule is CC(C)Cc1ccc(C(C)C(=O)C(N)CS(N)(=O)=O)cc1. The molecule has 0 aliphatic rings. The van der Waals surface area contributed by atoms with Crippen LogP contribution >= 0.6 is 0 Å². The van der Waals surface area contributed by atoms with Crippen molar-refractivity contribution in [2.24, 2.45) is 16.8 Å². The highest BCUT2D eigenvalue weighted by atomic mass is 32.2. The maximum absolute atomic E-state index is 12.1. The summed E-state index contributed by atoms with van der Waals surface area (Å²) in [6.07, 6.45) is 0.980. The Morgan fingerprint density at radius 1 is 1.14 bits per heavy atom. The molecule has 4 N–H and O–H groups in total. The number of benzene rings is 1. The van der Waals surface area contributed by atoms with Gasteiger partial charge in [-0.2, -0.15) is 0 Å². The predicted octanol–water partition coefficient (Wildman–Crippen LogP) is 1.17. The van der Waals surface area contributed by atoms with E-state index in [0.29, 0.717) is 5.92 Å². The summed E-state index contributed by atoms with van der Waals surface area (Å²) in [4.78, 5) is 12.1. The fourth-order valence-electron chi connectivity index (χ4n) is 2.23. The van der Waals surface area contributed by atoms with Crippen molar-refractivity contribution in [2.75, 3.05) is 5.75 Å². The third kappa shape index (κ3) is 5.95. The molecule has 1 rings (SSSR count). The number of primary sulfonamides is 1. The lowest BCUT2D eigenvalue weighted by Crippen LogP contribution is -2.41. The number of sulfonamides is 1. The first-order valence-electron chi connectivity index (χ1n) is 6.98. The molecule has 0 amide bonds. The van der Waals surface area contributed by atoms with Gasteiger partial charge in [-0.15, -0.1) is 0 Å². The van der Waals surface area contributed by atoms with Crippen molar-refractivity contribution >= 4 is 15.8 Å². The van der Waals surface area contributed by atoms with Crippen LogP contribution in [0.15, 0.2) is 24.3 Å². The van der Waals surface area contributed by atoms with Gasteiger partial charge in [-0.1, -0.05) is 45.0 Å². The lowest BCUT2D eigenvalue weighted by atomic mass is 9.91. The van der Waals surface area contributed by atoms with Gasteiger partial charge < -0.3 is 5.73 Å². The monoisotopic (exact) mass is 312 g/mol. The molecule has 0 aliphatic heterocycles. The van der Waals surface area contributed by atoms with Crippen LogP contribution in [-0.2, 0) is 21.2 Å². The van der Waals surface area contributed by atoms with Crippen LogP contribution in [0.3, 0.4) is 0 Å². The minimum atomic E-state index is -3.75.